The standard InChI is InChI=1S/C16H18F3N3OS/c1-10(8-20-2)14(23)22-15-21-9-13(24-15)7-11-3-5-12(6-4-11)16(17,18)19/h3-6,9-10,20H,7-8H2,1-2H3,(H,21,22,23). The highest BCUT2D eigenvalue weighted by atomic mass is 32.1. The number of benzene rings is 1. The first-order valence-electron chi connectivity index (χ1n) is 7.36. The minimum atomic E-state index is -4.33. The molecular formula is C16H18F3N3OS. The summed E-state index contributed by atoms with van der Waals surface area (Å²) in [6, 6.07) is 5.04. The molecule has 1 heterocycles. The van der Waals surface area contributed by atoms with Crippen LogP contribution in [0, 0.1) is 5.92 Å². The summed E-state index contributed by atoms with van der Waals surface area (Å²) in [5.74, 6) is -0.308. The maximum atomic E-state index is 12.5. The van der Waals surface area contributed by atoms with Gasteiger partial charge in [0.15, 0.2) is 5.13 Å². The Kier molecular flexibility index (Phi) is 5.95. The van der Waals surface area contributed by atoms with E-state index >= 15 is 0 Å². The molecule has 1 aromatic heterocycles. The fourth-order valence-corrected chi connectivity index (χ4v) is 2.94. The Morgan fingerprint density at radius 3 is 2.54 bits per heavy atom. The number of aromatic nitrogens is 1. The minimum Gasteiger partial charge on any atom is -0.319 e. The number of nitrogens with one attached hydrogen (secondary N) is 2. The van der Waals surface area contributed by atoms with E-state index in [9.17, 15) is 18.0 Å². The van der Waals surface area contributed by atoms with Gasteiger partial charge in [-0.2, -0.15) is 13.2 Å². The molecule has 0 aliphatic heterocycles. The van der Waals surface area contributed by atoms with Crippen molar-refractivity contribution < 1.29 is 18.0 Å². The molecule has 2 N–H and O–H groups in total. The number of carbonyl (C=O) groups is 1. The van der Waals surface area contributed by atoms with Crippen LogP contribution in [0.3, 0.4) is 0 Å². The lowest BCUT2D eigenvalue weighted by molar-refractivity contribution is -0.137. The number of rotatable bonds is 6. The third-order valence-corrected chi connectivity index (χ3v) is 4.31. The van der Waals surface area contributed by atoms with Crippen LogP contribution in [-0.4, -0.2) is 24.5 Å². The molecule has 1 atom stereocenters. The predicted molar refractivity (Wildman–Crippen MR) is 88.1 cm³/mol. The molecule has 0 bridgehead atoms. The van der Waals surface area contributed by atoms with Crippen LogP contribution in [0.1, 0.15) is 22.9 Å². The Morgan fingerprint density at radius 2 is 1.96 bits per heavy atom. The third kappa shape index (κ3) is 5.04. The number of thiazole rings is 1. The lowest BCUT2D eigenvalue weighted by atomic mass is 10.1. The fraction of sp³-hybridized carbons (Fsp3) is 0.375. The Bertz CT molecular complexity index is 683. The number of hydrogen-bond acceptors (Lipinski definition) is 4. The van der Waals surface area contributed by atoms with Crippen molar-refractivity contribution in [2.45, 2.75) is 19.5 Å². The summed E-state index contributed by atoms with van der Waals surface area (Å²) in [6.45, 7) is 2.37. The number of amides is 1. The van der Waals surface area contributed by atoms with Crippen molar-refractivity contribution in [3.05, 3.63) is 46.5 Å². The summed E-state index contributed by atoms with van der Waals surface area (Å²) in [7, 11) is 1.77. The molecule has 1 unspecified atom stereocenters. The average molecular weight is 357 g/mol. The first-order chi connectivity index (χ1) is 11.3. The maximum absolute atomic E-state index is 12.5. The molecule has 8 heteroatoms. The van der Waals surface area contributed by atoms with E-state index in [-0.39, 0.29) is 11.8 Å². The molecule has 2 rings (SSSR count). The van der Waals surface area contributed by atoms with Crippen molar-refractivity contribution in [2.24, 2.45) is 5.92 Å². The predicted octanol–water partition coefficient (Wildman–Crippen LogP) is 3.55. The van der Waals surface area contributed by atoms with Gasteiger partial charge in [-0.3, -0.25) is 4.79 Å². The molecule has 0 radical (unpaired) electrons. The second-order valence-electron chi connectivity index (χ2n) is 5.45. The Hall–Kier alpha value is -1.93. The molecule has 2 aromatic rings. The van der Waals surface area contributed by atoms with E-state index in [4.69, 9.17) is 0 Å². The summed E-state index contributed by atoms with van der Waals surface area (Å²) >= 11 is 1.32. The summed E-state index contributed by atoms with van der Waals surface area (Å²) in [5.41, 5.74) is 0.0927. The van der Waals surface area contributed by atoms with Crippen molar-refractivity contribution in [3.8, 4) is 0 Å². The van der Waals surface area contributed by atoms with Gasteiger partial charge in [0, 0.05) is 30.0 Å². The van der Waals surface area contributed by atoms with Crippen molar-refractivity contribution in [1.29, 1.82) is 0 Å². The minimum absolute atomic E-state index is 0.125. The van der Waals surface area contributed by atoms with Gasteiger partial charge in [-0.05, 0) is 24.7 Å². The summed E-state index contributed by atoms with van der Waals surface area (Å²) < 4.78 is 37.6. The maximum Gasteiger partial charge on any atom is 0.416 e. The van der Waals surface area contributed by atoms with Crippen LogP contribution in [0.4, 0.5) is 18.3 Å². The third-order valence-electron chi connectivity index (χ3n) is 3.40. The topological polar surface area (TPSA) is 54.0 Å². The van der Waals surface area contributed by atoms with Crippen LogP contribution >= 0.6 is 11.3 Å². The number of hydrogen-bond donors (Lipinski definition) is 2. The van der Waals surface area contributed by atoms with Crippen molar-refractivity contribution in [3.63, 3.8) is 0 Å². The summed E-state index contributed by atoms with van der Waals surface area (Å²) in [5, 5.41) is 6.16. The van der Waals surface area contributed by atoms with Gasteiger partial charge >= 0.3 is 6.18 Å². The largest absolute Gasteiger partial charge is 0.416 e. The van der Waals surface area contributed by atoms with Crippen LogP contribution in [0.2, 0.25) is 0 Å². The molecular weight excluding hydrogens is 339 g/mol. The smallest absolute Gasteiger partial charge is 0.319 e. The molecule has 130 valence electrons. The fourth-order valence-electron chi connectivity index (χ4n) is 2.09. The molecule has 0 fully saturated rings. The molecule has 0 aliphatic carbocycles. The molecule has 1 amide bonds. The van der Waals surface area contributed by atoms with Crippen LogP contribution in [0.25, 0.3) is 0 Å². The van der Waals surface area contributed by atoms with Crippen molar-refractivity contribution in [1.82, 2.24) is 10.3 Å². The molecule has 0 spiro atoms. The monoisotopic (exact) mass is 357 g/mol. The van der Waals surface area contributed by atoms with Gasteiger partial charge in [0.1, 0.15) is 0 Å². The summed E-state index contributed by atoms with van der Waals surface area (Å²) in [6.07, 6.45) is -2.23. The zero-order valence-corrected chi connectivity index (χ0v) is 14.1. The van der Waals surface area contributed by atoms with Gasteiger partial charge in [-0.1, -0.05) is 19.1 Å². The van der Waals surface area contributed by atoms with Gasteiger partial charge in [0.2, 0.25) is 5.91 Å². The number of carbonyl (C=O) groups excluding carboxylic acids is 1. The highest BCUT2D eigenvalue weighted by molar-refractivity contribution is 7.15. The first-order valence-corrected chi connectivity index (χ1v) is 8.17. The highest BCUT2D eigenvalue weighted by Gasteiger charge is 2.29. The van der Waals surface area contributed by atoms with E-state index in [0.717, 1.165) is 22.6 Å². The quantitative estimate of drug-likeness (QED) is 0.831. The van der Waals surface area contributed by atoms with Crippen LogP contribution in [-0.2, 0) is 17.4 Å². The van der Waals surface area contributed by atoms with Crippen LogP contribution in [0.5, 0.6) is 0 Å². The van der Waals surface area contributed by atoms with E-state index < -0.39 is 11.7 Å². The zero-order chi connectivity index (χ0) is 17.7. The Morgan fingerprint density at radius 1 is 1.29 bits per heavy atom. The van der Waals surface area contributed by atoms with Crippen molar-refractivity contribution >= 4 is 22.4 Å². The van der Waals surface area contributed by atoms with E-state index in [1.807, 2.05) is 6.92 Å². The zero-order valence-electron chi connectivity index (χ0n) is 13.3. The van der Waals surface area contributed by atoms with Gasteiger partial charge in [0.05, 0.1) is 5.56 Å². The van der Waals surface area contributed by atoms with Gasteiger partial charge in [0.25, 0.3) is 0 Å². The van der Waals surface area contributed by atoms with Crippen molar-refractivity contribution in [2.75, 3.05) is 18.9 Å². The number of alkyl halides is 3. The van der Waals surface area contributed by atoms with Crippen LogP contribution in [0.15, 0.2) is 30.5 Å². The first kappa shape index (κ1) is 18.4. The highest BCUT2D eigenvalue weighted by Crippen LogP contribution is 2.30. The lowest BCUT2D eigenvalue weighted by Crippen LogP contribution is -2.28. The molecule has 24 heavy (non-hydrogen) atoms. The van der Waals surface area contributed by atoms with E-state index in [2.05, 4.69) is 15.6 Å². The second-order valence-corrected chi connectivity index (χ2v) is 6.57. The van der Waals surface area contributed by atoms with Gasteiger partial charge < -0.3 is 10.6 Å². The molecule has 4 nitrogen and oxygen atoms in total. The lowest BCUT2D eigenvalue weighted by Gasteiger charge is -2.09. The van der Waals surface area contributed by atoms with E-state index in [1.165, 1.54) is 23.5 Å². The molecule has 1 aromatic carbocycles. The van der Waals surface area contributed by atoms with E-state index in [0.29, 0.717) is 18.1 Å². The second kappa shape index (κ2) is 7.76. The van der Waals surface area contributed by atoms with Gasteiger partial charge in [-0.15, -0.1) is 11.3 Å². The number of nitrogens with zero attached hydrogens (tertiary/aromatic N) is 1. The summed E-state index contributed by atoms with van der Waals surface area (Å²) in [4.78, 5) is 16.9. The normalized spacial score (nSPS) is 12.9. The van der Waals surface area contributed by atoms with Crippen LogP contribution < -0.4 is 10.6 Å². The molecule has 0 aliphatic rings. The molecule has 0 saturated heterocycles. The number of halogens is 3. The Labute approximate surface area is 142 Å². The molecule has 0 saturated carbocycles. The Balaban J connectivity index is 1.97. The average Bonchev–Trinajstić information content (AvgIpc) is 2.94. The SMILES string of the molecule is CNCC(C)C(=O)Nc1ncc(Cc2ccc(C(F)(F)F)cc2)s1. The number of anilines is 1. The van der Waals surface area contributed by atoms with E-state index in [1.54, 1.807) is 13.2 Å². The van der Waals surface area contributed by atoms with Gasteiger partial charge in [-0.25, -0.2) is 4.98 Å².